The zero-order valence-electron chi connectivity index (χ0n) is 15.2. The number of anilines is 2. The van der Waals surface area contributed by atoms with Crippen LogP contribution in [-0.4, -0.2) is 24.9 Å². The molecule has 0 aliphatic carbocycles. The van der Waals surface area contributed by atoms with Crippen LogP contribution in [0, 0.1) is 13.8 Å². The predicted octanol–water partition coefficient (Wildman–Crippen LogP) is 4.54. The second kappa shape index (κ2) is 7.35. The first kappa shape index (κ1) is 18.6. The number of benzene rings is 1. The lowest BCUT2D eigenvalue weighted by atomic mass is 10.1. The number of rotatable bonds is 4. The van der Waals surface area contributed by atoms with Crippen molar-refractivity contribution in [3.8, 4) is 11.4 Å². The number of aromatic nitrogens is 5. The molecule has 0 saturated carbocycles. The Bertz CT molecular complexity index is 1140. The lowest BCUT2D eigenvalue weighted by molar-refractivity contribution is 1.01. The highest BCUT2D eigenvalue weighted by Crippen LogP contribution is 2.36. The van der Waals surface area contributed by atoms with Crippen LogP contribution in [0.5, 0.6) is 0 Å². The number of nitrogens with zero attached hydrogens (tertiary/aromatic N) is 4. The number of imidazole rings is 1. The van der Waals surface area contributed by atoms with Gasteiger partial charge in [-0.15, -0.1) is 0 Å². The molecule has 28 heavy (non-hydrogen) atoms. The minimum atomic E-state index is 0.357. The Balaban J connectivity index is 1.80. The van der Waals surface area contributed by atoms with Crippen molar-refractivity contribution in [2.75, 3.05) is 5.32 Å². The van der Waals surface area contributed by atoms with Gasteiger partial charge in [-0.05, 0) is 37.6 Å². The van der Waals surface area contributed by atoms with E-state index in [1.165, 1.54) is 0 Å². The molecule has 0 saturated heterocycles. The van der Waals surface area contributed by atoms with Gasteiger partial charge in [0.15, 0.2) is 5.82 Å². The standard InChI is InChI=1S/C19H17Cl2N7/c1-9-5-15(25-10(2)24-9)27-19-17-14(3-4-23-19)26-18(28-17)16-12(20)6-11(8-22)7-13(16)21/h3-7H,8,22H2,1-2H3,(H,26,28)(H,23,24,25,27). The van der Waals surface area contributed by atoms with E-state index in [1.54, 1.807) is 18.3 Å². The number of hydrogen-bond donors (Lipinski definition) is 3. The molecule has 0 amide bonds. The van der Waals surface area contributed by atoms with Crippen molar-refractivity contribution in [2.45, 2.75) is 20.4 Å². The van der Waals surface area contributed by atoms with Crippen LogP contribution in [0.1, 0.15) is 17.1 Å². The minimum absolute atomic E-state index is 0.357. The number of pyridine rings is 1. The first-order valence-corrected chi connectivity index (χ1v) is 9.32. The van der Waals surface area contributed by atoms with Crippen LogP contribution >= 0.6 is 23.2 Å². The molecule has 0 fully saturated rings. The van der Waals surface area contributed by atoms with Crippen LogP contribution in [0.4, 0.5) is 11.6 Å². The minimum Gasteiger partial charge on any atom is -0.338 e. The van der Waals surface area contributed by atoms with Gasteiger partial charge < -0.3 is 16.0 Å². The van der Waals surface area contributed by atoms with E-state index in [9.17, 15) is 0 Å². The number of hydrogen-bond acceptors (Lipinski definition) is 6. The molecule has 9 heteroatoms. The average Bonchev–Trinajstić information content (AvgIpc) is 3.05. The maximum atomic E-state index is 6.43. The Hall–Kier alpha value is -2.74. The van der Waals surface area contributed by atoms with Crippen LogP contribution in [0.15, 0.2) is 30.5 Å². The number of H-pyrrole nitrogens is 1. The summed E-state index contributed by atoms with van der Waals surface area (Å²) in [5, 5.41) is 4.18. The van der Waals surface area contributed by atoms with Crippen molar-refractivity contribution < 1.29 is 0 Å². The molecule has 4 aromatic rings. The summed E-state index contributed by atoms with van der Waals surface area (Å²) in [5.41, 5.74) is 9.48. The van der Waals surface area contributed by atoms with E-state index < -0.39 is 0 Å². The maximum absolute atomic E-state index is 6.43. The van der Waals surface area contributed by atoms with Crippen LogP contribution in [0.2, 0.25) is 10.0 Å². The monoisotopic (exact) mass is 413 g/mol. The molecule has 0 aliphatic rings. The number of nitrogens with two attached hydrogens (primary N) is 1. The largest absolute Gasteiger partial charge is 0.338 e. The summed E-state index contributed by atoms with van der Waals surface area (Å²) in [4.78, 5) is 21.0. The van der Waals surface area contributed by atoms with Gasteiger partial charge in [-0.25, -0.2) is 19.9 Å². The van der Waals surface area contributed by atoms with Gasteiger partial charge >= 0.3 is 0 Å². The van der Waals surface area contributed by atoms with E-state index in [0.717, 1.165) is 16.8 Å². The molecule has 142 valence electrons. The highest BCUT2D eigenvalue weighted by molar-refractivity contribution is 6.39. The predicted molar refractivity (Wildman–Crippen MR) is 112 cm³/mol. The number of halogens is 2. The number of fused-ring (bicyclic) bond motifs is 1. The molecule has 0 atom stereocenters. The van der Waals surface area contributed by atoms with E-state index in [4.69, 9.17) is 28.9 Å². The molecule has 0 unspecified atom stereocenters. The highest BCUT2D eigenvalue weighted by atomic mass is 35.5. The quantitative estimate of drug-likeness (QED) is 0.453. The van der Waals surface area contributed by atoms with Crippen molar-refractivity contribution >= 4 is 45.9 Å². The summed E-state index contributed by atoms with van der Waals surface area (Å²) in [7, 11) is 0. The smallest absolute Gasteiger partial charge is 0.159 e. The van der Waals surface area contributed by atoms with Crippen molar-refractivity contribution in [3.63, 3.8) is 0 Å². The van der Waals surface area contributed by atoms with Gasteiger partial charge in [-0.1, -0.05) is 23.2 Å². The molecule has 7 nitrogen and oxygen atoms in total. The van der Waals surface area contributed by atoms with Crippen molar-refractivity contribution in [1.82, 2.24) is 24.9 Å². The summed E-state index contributed by atoms with van der Waals surface area (Å²) in [6.45, 7) is 4.11. The van der Waals surface area contributed by atoms with E-state index in [-0.39, 0.29) is 0 Å². The fraction of sp³-hybridized carbons (Fsp3) is 0.158. The Morgan fingerprint density at radius 3 is 2.50 bits per heavy atom. The van der Waals surface area contributed by atoms with Gasteiger partial charge in [-0.2, -0.15) is 0 Å². The van der Waals surface area contributed by atoms with Crippen molar-refractivity contribution in [1.29, 1.82) is 0 Å². The van der Waals surface area contributed by atoms with Crippen LogP contribution in [-0.2, 0) is 6.54 Å². The van der Waals surface area contributed by atoms with Crippen LogP contribution < -0.4 is 11.1 Å². The number of aryl methyl sites for hydroxylation is 2. The summed E-state index contributed by atoms with van der Waals surface area (Å²) < 4.78 is 0. The van der Waals surface area contributed by atoms with E-state index in [0.29, 0.717) is 51.0 Å². The van der Waals surface area contributed by atoms with E-state index >= 15 is 0 Å². The third-order valence-electron chi connectivity index (χ3n) is 4.19. The second-order valence-corrected chi connectivity index (χ2v) is 7.16. The highest BCUT2D eigenvalue weighted by Gasteiger charge is 2.16. The van der Waals surface area contributed by atoms with Gasteiger partial charge in [-0.3, -0.25) is 0 Å². The molecule has 0 spiro atoms. The second-order valence-electron chi connectivity index (χ2n) is 6.35. The number of aromatic amines is 1. The molecule has 4 N–H and O–H groups in total. The SMILES string of the molecule is Cc1cc(Nc2nccc3[nH]c(-c4c(Cl)cc(CN)cc4Cl)nc23)nc(C)n1. The lowest BCUT2D eigenvalue weighted by Gasteiger charge is -2.07. The molecule has 0 bridgehead atoms. The molecular weight excluding hydrogens is 397 g/mol. The summed E-state index contributed by atoms with van der Waals surface area (Å²) >= 11 is 12.9. The van der Waals surface area contributed by atoms with Crippen LogP contribution in [0.3, 0.4) is 0 Å². The van der Waals surface area contributed by atoms with Gasteiger partial charge in [0.25, 0.3) is 0 Å². The first-order valence-electron chi connectivity index (χ1n) is 8.57. The van der Waals surface area contributed by atoms with Crippen molar-refractivity contribution in [3.05, 3.63) is 57.6 Å². The lowest BCUT2D eigenvalue weighted by Crippen LogP contribution is -2.00. The zero-order valence-corrected chi connectivity index (χ0v) is 16.7. The Morgan fingerprint density at radius 2 is 1.82 bits per heavy atom. The molecule has 1 aromatic carbocycles. The topological polar surface area (TPSA) is 105 Å². The summed E-state index contributed by atoms with van der Waals surface area (Å²) in [6.07, 6.45) is 1.69. The summed E-state index contributed by atoms with van der Waals surface area (Å²) in [5.74, 6) is 2.46. The third-order valence-corrected chi connectivity index (χ3v) is 4.78. The van der Waals surface area contributed by atoms with Gasteiger partial charge in [0.05, 0.1) is 21.1 Å². The Morgan fingerprint density at radius 1 is 1.07 bits per heavy atom. The fourth-order valence-electron chi connectivity index (χ4n) is 3.02. The molecular formula is C19H17Cl2N7. The van der Waals surface area contributed by atoms with Crippen LogP contribution in [0.25, 0.3) is 22.4 Å². The van der Waals surface area contributed by atoms with Gasteiger partial charge in [0.1, 0.15) is 23.0 Å². The molecule has 3 heterocycles. The Labute approximate surface area is 171 Å². The molecule has 0 aliphatic heterocycles. The zero-order chi connectivity index (χ0) is 19.8. The van der Waals surface area contributed by atoms with Crippen molar-refractivity contribution in [2.24, 2.45) is 5.73 Å². The molecule has 3 aromatic heterocycles. The van der Waals surface area contributed by atoms with E-state index in [2.05, 4.69) is 30.2 Å². The normalized spacial score (nSPS) is 11.2. The van der Waals surface area contributed by atoms with E-state index in [1.807, 2.05) is 26.0 Å². The maximum Gasteiger partial charge on any atom is 0.159 e. The number of nitrogens with one attached hydrogen (secondary N) is 2. The van der Waals surface area contributed by atoms with Gasteiger partial charge in [0, 0.05) is 24.5 Å². The third kappa shape index (κ3) is 3.52. The molecule has 0 radical (unpaired) electrons. The fourth-order valence-corrected chi connectivity index (χ4v) is 3.73. The summed E-state index contributed by atoms with van der Waals surface area (Å²) in [6, 6.07) is 7.27. The first-order chi connectivity index (χ1) is 13.4. The van der Waals surface area contributed by atoms with Gasteiger partial charge in [0.2, 0.25) is 0 Å². The average molecular weight is 414 g/mol. The molecule has 4 rings (SSSR count). The Kier molecular flexibility index (Phi) is 4.89.